The maximum atomic E-state index is 9.52. The molecule has 104 valence electrons. The predicted octanol–water partition coefficient (Wildman–Crippen LogP) is 4.83. The Kier molecular flexibility index (Phi) is 5.46. The normalized spacial score (nSPS) is 11.3. The summed E-state index contributed by atoms with van der Waals surface area (Å²) in [6.07, 6.45) is 8.62. The van der Waals surface area contributed by atoms with Crippen molar-refractivity contribution in [3.63, 3.8) is 0 Å². The lowest BCUT2D eigenvalue weighted by molar-refractivity contribution is 0.279. The van der Waals surface area contributed by atoms with Crippen LogP contribution in [0.25, 0.3) is 11.0 Å². The van der Waals surface area contributed by atoms with E-state index in [1.54, 1.807) is 0 Å². The van der Waals surface area contributed by atoms with Crippen molar-refractivity contribution in [1.29, 1.82) is 0 Å². The molecule has 0 amide bonds. The first kappa shape index (κ1) is 14.1. The number of rotatable bonds is 8. The quantitative estimate of drug-likeness (QED) is 0.690. The van der Waals surface area contributed by atoms with Crippen molar-refractivity contribution in [2.24, 2.45) is 0 Å². The summed E-state index contributed by atoms with van der Waals surface area (Å²) in [4.78, 5) is 0. The van der Waals surface area contributed by atoms with E-state index in [2.05, 4.69) is 6.92 Å². The van der Waals surface area contributed by atoms with E-state index in [0.29, 0.717) is 0 Å². The van der Waals surface area contributed by atoms with Crippen LogP contribution >= 0.6 is 0 Å². The van der Waals surface area contributed by atoms with Gasteiger partial charge in [-0.1, -0.05) is 57.2 Å². The number of hydrogen-bond donors (Lipinski definition) is 1. The average Bonchev–Trinajstić information content (AvgIpc) is 2.80. The Morgan fingerprint density at radius 2 is 1.74 bits per heavy atom. The van der Waals surface area contributed by atoms with E-state index in [9.17, 15) is 5.11 Å². The van der Waals surface area contributed by atoms with Gasteiger partial charge in [0.1, 0.15) is 11.3 Å². The van der Waals surface area contributed by atoms with Gasteiger partial charge in [0.05, 0.1) is 6.61 Å². The summed E-state index contributed by atoms with van der Waals surface area (Å²) in [6, 6.07) is 7.96. The van der Waals surface area contributed by atoms with E-state index in [4.69, 9.17) is 4.42 Å². The maximum Gasteiger partial charge on any atom is 0.134 e. The summed E-state index contributed by atoms with van der Waals surface area (Å²) >= 11 is 0. The first-order valence-corrected chi connectivity index (χ1v) is 7.47. The SMILES string of the molecule is CCCCCCCCc1oc2ccccc2c1CO. The number of aliphatic hydroxyl groups excluding tert-OH is 1. The molecule has 2 nitrogen and oxygen atoms in total. The van der Waals surface area contributed by atoms with Gasteiger partial charge < -0.3 is 9.52 Å². The lowest BCUT2D eigenvalue weighted by Crippen LogP contribution is -1.90. The summed E-state index contributed by atoms with van der Waals surface area (Å²) in [6.45, 7) is 2.31. The maximum absolute atomic E-state index is 9.52. The Balaban J connectivity index is 1.93. The van der Waals surface area contributed by atoms with Gasteiger partial charge in [0.25, 0.3) is 0 Å². The molecule has 0 bridgehead atoms. The van der Waals surface area contributed by atoms with Crippen molar-refractivity contribution in [2.45, 2.75) is 58.5 Å². The van der Waals surface area contributed by atoms with Gasteiger partial charge >= 0.3 is 0 Å². The van der Waals surface area contributed by atoms with Crippen LogP contribution in [0.3, 0.4) is 0 Å². The second-order valence-corrected chi connectivity index (χ2v) is 5.18. The number of fused-ring (bicyclic) bond motifs is 1. The zero-order valence-corrected chi connectivity index (χ0v) is 11.8. The second-order valence-electron chi connectivity index (χ2n) is 5.18. The smallest absolute Gasteiger partial charge is 0.134 e. The minimum Gasteiger partial charge on any atom is -0.461 e. The fourth-order valence-electron chi connectivity index (χ4n) is 2.59. The average molecular weight is 260 g/mol. The molecule has 2 heteroatoms. The van der Waals surface area contributed by atoms with Crippen molar-refractivity contribution in [3.05, 3.63) is 35.6 Å². The Morgan fingerprint density at radius 1 is 1.00 bits per heavy atom. The highest BCUT2D eigenvalue weighted by molar-refractivity contribution is 5.82. The van der Waals surface area contributed by atoms with Crippen molar-refractivity contribution in [3.8, 4) is 0 Å². The van der Waals surface area contributed by atoms with Crippen molar-refractivity contribution < 1.29 is 9.52 Å². The van der Waals surface area contributed by atoms with E-state index in [1.165, 1.54) is 32.1 Å². The molecule has 1 N–H and O–H groups in total. The number of aryl methyl sites for hydroxylation is 1. The number of unbranched alkanes of at least 4 members (excludes halogenated alkanes) is 5. The fraction of sp³-hybridized carbons (Fsp3) is 0.529. The highest BCUT2D eigenvalue weighted by atomic mass is 16.3. The van der Waals surface area contributed by atoms with Crippen LogP contribution in [-0.4, -0.2) is 5.11 Å². The molecule has 0 atom stereocenters. The summed E-state index contributed by atoms with van der Waals surface area (Å²) in [5.74, 6) is 0.971. The standard InChI is InChI=1S/C17H24O2/c1-2-3-4-5-6-7-11-17-15(13-18)14-10-8-9-12-16(14)19-17/h8-10,12,18H,2-7,11,13H2,1H3. The molecule has 0 unspecified atom stereocenters. The van der Waals surface area contributed by atoms with Crippen LogP contribution in [0.4, 0.5) is 0 Å². The third-order valence-electron chi connectivity index (χ3n) is 3.70. The van der Waals surface area contributed by atoms with E-state index >= 15 is 0 Å². The lowest BCUT2D eigenvalue weighted by Gasteiger charge is -2.01. The number of aliphatic hydroxyl groups is 1. The van der Waals surface area contributed by atoms with Gasteiger partial charge in [0, 0.05) is 17.4 Å². The molecular weight excluding hydrogens is 236 g/mol. The van der Waals surface area contributed by atoms with Crippen LogP contribution in [0, 0.1) is 0 Å². The molecule has 0 aliphatic carbocycles. The Morgan fingerprint density at radius 3 is 2.53 bits per heavy atom. The van der Waals surface area contributed by atoms with E-state index < -0.39 is 0 Å². The van der Waals surface area contributed by atoms with E-state index in [1.807, 2.05) is 24.3 Å². The third kappa shape index (κ3) is 3.60. The van der Waals surface area contributed by atoms with Crippen LogP contribution in [-0.2, 0) is 13.0 Å². The monoisotopic (exact) mass is 260 g/mol. The van der Waals surface area contributed by atoms with Crippen LogP contribution in [0.5, 0.6) is 0 Å². The van der Waals surface area contributed by atoms with Gasteiger partial charge in [0.2, 0.25) is 0 Å². The third-order valence-corrected chi connectivity index (χ3v) is 3.70. The second kappa shape index (κ2) is 7.34. The molecule has 0 spiro atoms. The topological polar surface area (TPSA) is 33.4 Å². The van der Waals surface area contributed by atoms with Gasteiger partial charge in [-0.3, -0.25) is 0 Å². The molecule has 2 rings (SSSR count). The summed E-state index contributed by atoms with van der Waals surface area (Å²) < 4.78 is 5.86. The number of para-hydroxylation sites is 1. The molecule has 0 radical (unpaired) electrons. The molecule has 0 fully saturated rings. The first-order valence-electron chi connectivity index (χ1n) is 7.47. The number of hydrogen-bond acceptors (Lipinski definition) is 2. The van der Waals surface area contributed by atoms with Crippen LogP contribution in [0.1, 0.15) is 56.8 Å². The molecular formula is C17H24O2. The largest absolute Gasteiger partial charge is 0.461 e. The molecule has 0 saturated carbocycles. The molecule has 0 aliphatic heterocycles. The zero-order valence-electron chi connectivity index (χ0n) is 11.8. The molecule has 2 aromatic rings. The minimum atomic E-state index is 0.0716. The summed E-state index contributed by atoms with van der Waals surface area (Å²) in [5, 5.41) is 10.6. The molecule has 1 aromatic heterocycles. The lowest BCUT2D eigenvalue weighted by atomic mass is 10.1. The predicted molar refractivity (Wildman–Crippen MR) is 79.2 cm³/mol. The van der Waals surface area contributed by atoms with Crippen LogP contribution in [0.2, 0.25) is 0 Å². The summed E-state index contributed by atoms with van der Waals surface area (Å²) in [7, 11) is 0. The zero-order chi connectivity index (χ0) is 13.5. The Hall–Kier alpha value is -1.28. The molecule has 0 saturated heterocycles. The first-order chi connectivity index (χ1) is 9.36. The van der Waals surface area contributed by atoms with E-state index in [0.717, 1.165) is 35.1 Å². The van der Waals surface area contributed by atoms with Crippen molar-refractivity contribution in [1.82, 2.24) is 0 Å². The Labute approximate surface area is 115 Å². The van der Waals surface area contributed by atoms with Crippen molar-refractivity contribution >= 4 is 11.0 Å². The number of furan rings is 1. The van der Waals surface area contributed by atoms with Gasteiger partial charge in [-0.25, -0.2) is 0 Å². The number of benzene rings is 1. The van der Waals surface area contributed by atoms with Gasteiger partial charge in [-0.15, -0.1) is 0 Å². The van der Waals surface area contributed by atoms with Gasteiger partial charge in [-0.2, -0.15) is 0 Å². The highest BCUT2D eigenvalue weighted by Gasteiger charge is 2.12. The van der Waals surface area contributed by atoms with Crippen molar-refractivity contribution in [2.75, 3.05) is 0 Å². The van der Waals surface area contributed by atoms with Gasteiger partial charge in [-0.05, 0) is 12.5 Å². The van der Waals surface area contributed by atoms with Crippen LogP contribution < -0.4 is 0 Å². The molecule has 19 heavy (non-hydrogen) atoms. The highest BCUT2D eigenvalue weighted by Crippen LogP contribution is 2.27. The fourth-order valence-corrected chi connectivity index (χ4v) is 2.59. The van der Waals surface area contributed by atoms with Crippen LogP contribution in [0.15, 0.2) is 28.7 Å². The van der Waals surface area contributed by atoms with E-state index in [-0.39, 0.29) is 6.61 Å². The molecule has 0 aliphatic rings. The molecule has 1 heterocycles. The minimum absolute atomic E-state index is 0.0716. The molecule has 1 aromatic carbocycles. The van der Waals surface area contributed by atoms with Gasteiger partial charge in [0.15, 0.2) is 0 Å². The Bertz CT molecular complexity index is 499. The summed E-state index contributed by atoms with van der Waals surface area (Å²) in [5.41, 5.74) is 1.87.